The number of anilines is 1. The van der Waals surface area contributed by atoms with Crippen LogP contribution in [0.2, 0.25) is 10.0 Å². The van der Waals surface area contributed by atoms with Gasteiger partial charge in [-0.3, -0.25) is 13.9 Å². The van der Waals surface area contributed by atoms with Crippen molar-refractivity contribution in [2.45, 2.75) is 64.1 Å². The predicted octanol–water partition coefficient (Wildman–Crippen LogP) is 7.36. The highest BCUT2D eigenvalue weighted by atomic mass is 35.5. The van der Waals surface area contributed by atoms with E-state index < -0.39 is 28.5 Å². The lowest BCUT2D eigenvalue weighted by atomic mass is 10.0. The minimum atomic E-state index is -4.19. The van der Waals surface area contributed by atoms with E-state index >= 15 is 0 Å². The lowest BCUT2D eigenvalue weighted by Gasteiger charge is -2.35. The fraction of sp³-hybridized carbons (Fsp3) is 0.278. The first kappa shape index (κ1) is 35.0. The van der Waals surface area contributed by atoms with Gasteiger partial charge < -0.3 is 10.2 Å². The highest BCUT2D eigenvalue weighted by Gasteiger charge is 2.35. The van der Waals surface area contributed by atoms with E-state index in [0.29, 0.717) is 33.3 Å². The first-order valence-electron chi connectivity index (χ1n) is 15.1. The first-order chi connectivity index (χ1) is 21.9. The van der Waals surface area contributed by atoms with Crippen LogP contribution >= 0.6 is 23.2 Å². The lowest BCUT2D eigenvalue weighted by Crippen LogP contribution is -2.54. The van der Waals surface area contributed by atoms with Crippen LogP contribution in [0, 0.1) is 13.8 Å². The monoisotopic (exact) mass is 679 g/mol. The molecule has 7 nitrogen and oxygen atoms in total. The third-order valence-electron chi connectivity index (χ3n) is 7.87. The average Bonchev–Trinajstić information content (AvgIpc) is 3.04. The van der Waals surface area contributed by atoms with Crippen LogP contribution < -0.4 is 9.62 Å². The zero-order valence-electron chi connectivity index (χ0n) is 26.4. The van der Waals surface area contributed by atoms with E-state index in [4.69, 9.17) is 23.2 Å². The Labute approximate surface area is 282 Å². The van der Waals surface area contributed by atoms with Crippen LogP contribution in [0.4, 0.5) is 5.69 Å². The normalized spacial score (nSPS) is 12.7. The summed E-state index contributed by atoms with van der Waals surface area (Å²) in [5.74, 6) is -0.910. The van der Waals surface area contributed by atoms with Gasteiger partial charge in [-0.1, -0.05) is 96.9 Å². The third-order valence-corrected chi connectivity index (χ3v) is 10.2. The molecule has 0 aliphatic carbocycles. The van der Waals surface area contributed by atoms with Gasteiger partial charge in [0.05, 0.1) is 10.6 Å². The zero-order chi connectivity index (χ0) is 33.4. The minimum absolute atomic E-state index is 0.0475. The first-order valence-corrected chi connectivity index (χ1v) is 17.3. The number of carbonyl (C=O) groups is 2. The molecule has 46 heavy (non-hydrogen) atoms. The average molecular weight is 681 g/mol. The van der Waals surface area contributed by atoms with E-state index in [1.807, 2.05) is 63.2 Å². The van der Waals surface area contributed by atoms with Gasteiger partial charge in [-0.05, 0) is 79.8 Å². The second-order valence-electron chi connectivity index (χ2n) is 11.4. The maximum Gasteiger partial charge on any atom is 0.264 e. The van der Waals surface area contributed by atoms with Crippen LogP contribution in [0.25, 0.3) is 0 Å². The quantitative estimate of drug-likeness (QED) is 0.160. The fourth-order valence-electron chi connectivity index (χ4n) is 5.05. The second-order valence-corrected chi connectivity index (χ2v) is 14.1. The summed E-state index contributed by atoms with van der Waals surface area (Å²) in [6, 6.07) is 26.7. The molecule has 0 bridgehead atoms. The molecule has 0 aromatic heterocycles. The number of rotatable bonds is 13. The summed E-state index contributed by atoms with van der Waals surface area (Å²) in [6.45, 7) is 6.93. The van der Waals surface area contributed by atoms with E-state index in [-0.39, 0.29) is 29.8 Å². The van der Waals surface area contributed by atoms with Crippen LogP contribution in [0.3, 0.4) is 0 Å². The molecule has 0 saturated carbocycles. The van der Waals surface area contributed by atoms with Crippen molar-refractivity contribution in [3.05, 3.63) is 129 Å². The summed E-state index contributed by atoms with van der Waals surface area (Å²) < 4.78 is 29.6. The van der Waals surface area contributed by atoms with Crippen molar-refractivity contribution < 1.29 is 18.0 Å². The molecule has 4 aromatic rings. The summed E-state index contributed by atoms with van der Waals surface area (Å²) in [5, 5.41) is 3.79. The van der Waals surface area contributed by atoms with Gasteiger partial charge in [0.2, 0.25) is 11.8 Å². The predicted molar refractivity (Wildman–Crippen MR) is 186 cm³/mol. The standard InChI is InChI=1S/C36H39Cl2N3O4S/c1-5-27(4)39-36(43)34(21-28-12-8-6-9-13-28)40(23-29-18-19-30(37)22-32(29)38)35(42)24-41(33-20-25(2)16-17-26(33)3)46(44,45)31-14-10-7-11-15-31/h6-20,22,27,34H,5,21,23-24H2,1-4H3,(H,39,43)/t27-,34+/m1/s1. The van der Waals surface area contributed by atoms with Gasteiger partial charge in [-0.2, -0.15) is 0 Å². The Balaban J connectivity index is 1.85. The van der Waals surface area contributed by atoms with Gasteiger partial charge >= 0.3 is 0 Å². The van der Waals surface area contributed by atoms with E-state index in [0.717, 1.165) is 15.4 Å². The molecule has 2 atom stereocenters. The van der Waals surface area contributed by atoms with E-state index in [2.05, 4.69) is 5.32 Å². The van der Waals surface area contributed by atoms with Crippen LogP contribution in [0.1, 0.15) is 42.5 Å². The van der Waals surface area contributed by atoms with Crippen LogP contribution in [-0.4, -0.2) is 43.8 Å². The van der Waals surface area contributed by atoms with Crippen molar-refractivity contribution in [3.8, 4) is 0 Å². The number of carbonyl (C=O) groups excluding carboxylic acids is 2. The molecule has 0 unspecified atom stereocenters. The molecule has 4 aromatic carbocycles. The summed E-state index contributed by atoms with van der Waals surface area (Å²) in [7, 11) is -4.19. The smallest absolute Gasteiger partial charge is 0.264 e. The third kappa shape index (κ3) is 8.69. The topological polar surface area (TPSA) is 86.8 Å². The number of hydrogen-bond donors (Lipinski definition) is 1. The van der Waals surface area contributed by atoms with E-state index in [9.17, 15) is 18.0 Å². The molecule has 4 rings (SSSR count). The zero-order valence-corrected chi connectivity index (χ0v) is 28.7. The van der Waals surface area contributed by atoms with Crippen LogP contribution in [0.5, 0.6) is 0 Å². The number of hydrogen-bond acceptors (Lipinski definition) is 4. The minimum Gasteiger partial charge on any atom is -0.352 e. The maximum absolute atomic E-state index is 14.6. The van der Waals surface area contributed by atoms with Crippen molar-refractivity contribution >= 4 is 50.7 Å². The Hall–Kier alpha value is -3.85. The summed E-state index contributed by atoms with van der Waals surface area (Å²) in [6.07, 6.45) is 0.894. The number of amides is 2. The largest absolute Gasteiger partial charge is 0.352 e. The molecule has 0 saturated heterocycles. The molecular formula is C36H39Cl2N3O4S. The Morgan fingerprint density at radius 1 is 0.870 bits per heavy atom. The highest BCUT2D eigenvalue weighted by Crippen LogP contribution is 2.29. The number of nitrogens with one attached hydrogen (secondary N) is 1. The van der Waals surface area contributed by atoms with E-state index in [1.165, 1.54) is 17.0 Å². The molecule has 0 heterocycles. The number of sulfonamides is 1. The number of halogens is 2. The molecule has 2 amide bonds. The molecular weight excluding hydrogens is 641 g/mol. The molecule has 1 N–H and O–H groups in total. The van der Waals surface area contributed by atoms with Crippen molar-refractivity contribution in [3.63, 3.8) is 0 Å². The SMILES string of the molecule is CC[C@@H](C)NC(=O)[C@H](Cc1ccccc1)N(Cc1ccc(Cl)cc1Cl)C(=O)CN(c1cc(C)ccc1C)S(=O)(=O)c1ccccc1. The highest BCUT2D eigenvalue weighted by molar-refractivity contribution is 7.92. The Morgan fingerprint density at radius 2 is 1.52 bits per heavy atom. The summed E-state index contributed by atoms with van der Waals surface area (Å²) in [5.41, 5.74) is 3.31. The van der Waals surface area contributed by atoms with E-state index in [1.54, 1.807) is 49.4 Å². The summed E-state index contributed by atoms with van der Waals surface area (Å²) >= 11 is 12.8. The number of benzene rings is 4. The van der Waals surface area contributed by atoms with Gasteiger partial charge in [0, 0.05) is 29.1 Å². The molecule has 0 fully saturated rings. The summed E-state index contributed by atoms with van der Waals surface area (Å²) in [4.78, 5) is 30.1. The molecule has 0 aliphatic rings. The van der Waals surface area contributed by atoms with Gasteiger partial charge in [0.25, 0.3) is 10.0 Å². The van der Waals surface area contributed by atoms with Crippen molar-refractivity contribution in [2.24, 2.45) is 0 Å². The van der Waals surface area contributed by atoms with Crippen LogP contribution in [0.15, 0.2) is 102 Å². The van der Waals surface area contributed by atoms with Crippen LogP contribution in [-0.2, 0) is 32.6 Å². The Bertz CT molecular complexity index is 1770. The fourth-order valence-corrected chi connectivity index (χ4v) is 7.01. The van der Waals surface area contributed by atoms with Gasteiger partial charge in [0.1, 0.15) is 12.6 Å². The molecule has 0 radical (unpaired) electrons. The van der Waals surface area contributed by atoms with Gasteiger partial charge in [-0.25, -0.2) is 8.42 Å². The van der Waals surface area contributed by atoms with Gasteiger partial charge in [0.15, 0.2) is 0 Å². The molecule has 10 heteroatoms. The molecule has 0 spiro atoms. The number of aryl methyl sites for hydroxylation is 2. The van der Waals surface area contributed by atoms with Gasteiger partial charge in [-0.15, -0.1) is 0 Å². The second kappa shape index (κ2) is 15.6. The molecule has 0 aliphatic heterocycles. The maximum atomic E-state index is 14.6. The molecule has 242 valence electrons. The van der Waals surface area contributed by atoms with Crippen molar-refractivity contribution in [1.29, 1.82) is 0 Å². The van der Waals surface area contributed by atoms with Crippen molar-refractivity contribution in [1.82, 2.24) is 10.2 Å². The lowest BCUT2D eigenvalue weighted by molar-refractivity contribution is -0.140. The Kier molecular flexibility index (Phi) is 11.9. The Morgan fingerprint density at radius 3 is 2.15 bits per heavy atom. The van der Waals surface area contributed by atoms with Crippen molar-refractivity contribution in [2.75, 3.05) is 10.8 Å². The number of nitrogens with zero attached hydrogens (tertiary/aromatic N) is 2.